The third-order valence-electron chi connectivity index (χ3n) is 3.21. The first-order valence-electron chi connectivity index (χ1n) is 5.93. The highest BCUT2D eigenvalue weighted by Gasteiger charge is 2.17. The number of carboxylic acids is 1. The van der Waals surface area contributed by atoms with Gasteiger partial charge in [0, 0.05) is 40.1 Å². The first kappa shape index (κ1) is 11.5. The van der Waals surface area contributed by atoms with Gasteiger partial charge in [0.05, 0.1) is 5.56 Å². The second-order valence-corrected chi connectivity index (χ2v) is 4.40. The maximum atomic E-state index is 11.3. The van der Waals surface area contributed by atoms with E-state index >= 15 is 0 Å². The Morgan fingerprint density at radius 3 is 2.84 bits per heavy atom. The van der Waals surface area contributed by atoms with E-state index in [1.807, 2.05) is 31.2 Å². The molecule has 2 heterocycles. The number of aryl methyl sites for hydroxylation is 1. The van der Waals surface area contributed by atoms with E-state index in [9.17, 15) is 9.90 Å². The average Bonchev–Trinajstić information content (AvgIpc) is 2.74. The Labute approximate surface area is 109 Å². The van der Waals surface area contributed by atoms with Crippen LogP contribution in [0, 0.1) is 6.92 Å². The van der Waals surface area contributed by atoms with Crippen molar-refractivity contribution in [3.05, 3.63) is 54.0 Å². The van der Waals surface area contributed by atoms with E-state index in [2.05, 4.69) is 9.97 Å². The lowest BCUT2D eigenvalue weighted by molar-refractivity contribution is 0.0697. The fraction of sp³-hybridized carbons (Fsp3) is 0.0667. The Balaban J connectivity index is 2.37. The minimum atomic E-state index is -0.965. The van der Waals surface area contributed by atoms with Crippen molar-refractivity contribution in [1.82, 2.24) is 9.97 Å². The molecule has 2 aromatic heterocycles. The predicted molar refractivity (Wildman–Crippen MR) is 73.2 cm³/mol. The number of fused-ring (bicyclic) bond motifs is 1. The minimum Gasteiger partial charge on any atom is -0.478 e. The number of nitrogens with zero attached hydrogens (tertiary/aromatic N) is 1. The van der Waals surface area contributed by atoms with E-state index in [1.165, 1.54) is 6.20 Å². The van der Waals surface area contributed by atoms with E-state index in [4.69, 9.17) is 0 Å². The van der Waals surface area contributed by atoms with Crippen LogP contribution in [0.15, 0.2) is 42.7 Å². The van der Waals surface area contributed by atoms with Gasteiger partial charge in [-0.15, -0.1) is 0 Å². The lowest BCUT2D eigenvalue weighted by Gasteiger charge is -2.05. The fourth-order valence-electron chi connectivity index (χ4n) is 2.41. The molecule has 0 spiro atoms. The van der Waals surface area contributed by atoms with Crippen molar-refractivity contribution in [3.8, 4) is 11.1 Å². The van der Waals surface area contributed by atoms with Gasteiger partial charge in [-0.25, -0.2) is 4.79 Å². The van der Waals surface area contributed by atoms with Gasteiger partial charge in [-0.05, 0) is 19.1 Å². The van der Waals surface area contributed by atoms with Crippen LogP contribution in [0.4, 0.5) is 0 Å². The molecule has 3 aromatic rings. The van der Waals surface area contributed by atoms with Crippen molar-refractivity contribution in [2.75, 3.05) is 0 Å². The smallest absolute Gasteiger partial charge is 0.337 e. The first-order valence-corrected chi connectivity index (χ1v) is 5.93. The molecule has 19 heavy (non-hydrogen) atoms. The van der Waals surface area contributed by atoms with Gasteiger partial charge in [0.2, 0.25) is 0 Å². The summed E-state index contributed by atoms with van der Waals surface area (Å²) in [7, 11) is 0. The Bertz CT molecular complexity index is 775. The van der Waals surface area contributed by atoms with Gasteiger partial charge < -0.3 is 10.1 Å². The molecule has 1 aromatic carbocycles. The number of hydrogen-bond acceptors (Lipinski definition) is 2. The summed E-state index contributed by atoms with van der Waals surface area (Å²) in [5, 5.41) is 10.3. The van der Waals surface area contributed by atoms with E-state index in [-0.39, 0.29) is 5.56 Å². The van der Waals surface area contributed by atoms with E-state index in [0.29, 0.717) is 5.56 Å². The fourth-order valence-corrected chi connectivity index (χ4v) is 2.41. The number of pyridine rings is 1. The number of para-hydroxylation sites is 1. The molecule has 0 fully saturated rings. The molecule has 4 heteroatoms. The van der Waals surface area contributed by atoms with Crippen LogP contribution in [0.5, 0.6) is 0 Å². The molecule has 0 aliphatic rings. The maximum absolute atomic E-state index is 11.3. The number of H-pyrrole nitrogens is 1. The van der Waals surface area contributed by atoms with Crippen molar-refractivity contribution < 1.29 is 9.90 Å². The molecule has 0 bridgehead atoms. The van der Waals surface area contributed by atoms with Crippen molar-refractivity contribution in [2.24, 2.45) is 0 Å². The minimum absolute atomic E-state index is 0.218. The molecule has 0 aliphatic carbocycles. The van der Waals surface area contributed by atoms with Gasteiger partial charge >= 0.3 is 5.97 Å². The first-order chi connectivity index (χ1) is 9.18. The molecular formula is C15H12N2O2. The molecule has 2 N–H and O–H groups in total. The largest absolute Gasteiger partial charge is 0.478 e. The number of aromatic carboxylic acids is 1. The van der Waals surface area contributed by atoms with Crippen LogP contribution in [0.1, 0.15) is 16.1 Å². The summed E-state index contributed by atoms with van der Waals surface area (Å²) in [6.45, 7) is 1.95. The molecule has 4 nitrogen and oxygen atoms in total. The number of aromatic nitrogens is 2. The van der Waals surface area contributed by atoms with Crippen molar-refractivity contribution >= 4 is 16.9 Å². The molecule has 3 rings (SSSR count). The Morgan fingerprint density at radius 2 is 2.05 bits per heavy atom. The highest BCUT2D eigenvalue weighted by Crippen LogP contribution is 2.33. The summed E-state index contributed by atoms with van der Waals surface area (Å²) in [5.74, 6) is -0.965. The van der Waals surface area contributed by atoms with Crippen LogP contribution in [0.2, 0.25) is 0 Å². The zero-order valence-electron chi connectivity index (χ0n) is 10.3. The van der Waals surface area contributed by atoms with E-state index in [1.54, 1.807) is 12.3 Å². The second kappa shape index (κ2) is 4.24. The number of carboxylic acid groups (broad SMARTS) is 1. The van der Waals surface area contributed by atoms with Gasteiger partial charge in [0.15, 0.2) is 0 Å². The van der Waals surface area contributed by atoms with Crippen LogP contribution in [0.25, 0.3) is 22.0 Å². The SMILES string of the molecule is Cc1[nH]c2ccccc2c1-c1ccncc1C(=O)O. The Morgan fingerprint density at radius 1 is 1.26 bits per heavy atom. The van der Waals surface area contributed by atoms with Gasteiger partial charge in [-0.1, -0.05) is 18.2 Å². The maximum Gasteiger partial charge on any atom is 0.337 e. The molecule has 0 atom stereocenters. The monoisotopic (exact) mass is 252 g/mol. The van der Waals surface area contributed by atoms with Gasteiger partial charge in [-0.3, -0.25) is 4.98 Å². The third kappa shape index (κ3) is 1.78. The zero-order chi connectivity index (χ0) is 13.4. The highest BCUT2D eigenvalue weighted by atomic mass is 16.4. The quantitative estimate of drug-likeness (QED) is 0.735. The lowest BCUT2D eigenvalue weighted by Crippen LogP contribution is -2.00. The number of nitrogens with one attached hydrogen (secondary N) is 1. The molecule has 0 saturated carbocycles. The summed E-state index contributed by atoms with van der Waals surface area (Å²) in [6.07, 6.45) is 3.00. The highest BCUT2D eigenvalue weighted by molar-refractivity contribution is 6.04. The van der Waals surface area contributed by atoms with Crippen LogP contribution in [0.3, 0.4) is 0 Å². The lowest BCUT2D eigenvalue weighted by atomic mass is 9.99. The molecule has 0 amide bonds. The normalized spacial score (nSPS) is 10.8. The number of carbonyl (C=O) groups is 1. The zero-order valence-corrected chi connectivity index (χ0v) is 10.3. The van der Waals surface area contributed by atoms with E-state index in [0.717, 1.165) is 22.2 Å². The summed E-state index contributed by atoms with van der Waals surface area (Å²) < 4.78 is 0. The topological polar surface area (TPSA) is 66.0 Å². The molecule has 0 saturated heterocycles. The average molecular weight is 252 g/mol. The summed E-state index contributed by atoms with van der Waals surface area (Å²) in [4.78, 5) is 18.5. The summed E-state index contributed by atoms with van der Waals surface area (Å²) >= 11 is 0. The van der Waals surface area contributed by atoms with Crippen molar-refractivity contribution in [2.45, 2.75) is 6.92 Å². The predicted octanol–water partition coefficient (Wildman–Crippen LogP) is 3.24. The molecule has 0 radical (unpaired) electrons. The molecule has 0 aliphatic heterocycles. The van der Waals surface area contributed by atoms with Crippen LogP contribution < -0.4 is 0 Å². The van der Waals surface area contributed by atoms with E-state index < -0.39 is 5.97 Å². The van der Waals surface area contributed by atoms with Crippen LogP contribution >= 0.6 is 0 Å². The summed E-state index contributed by atoms with van der Waals surface area (Å²) in [5.41, 5.74) is 3.79. The van der Waals surface area contributed by atoms with Gasteiger partial charge in [0.25, 0.3) is 0 Å². The number of rotatable bonds is 2. The Kier molecular flexibility index (Phi) is 2.56. The van der Waals surface area contributed by atoms with Crippen molar-refractivity contribution in [3.63, 3.8) is 0 Å². The second-order valence-electron chi connectivity index (χ2n) is 4.40. The van der Waals surface area contributed by atoms with Crippen LogP contribution in [-0.4, -0.2) is 21.0 Å². The number of hydrogen-bond donors (Lipinski definition) is 2. The van der Waals surface area contributed by atoms with Gasteiger partial charge in [0.1, 0.15) is 0 Å². The molecule has 0 unspecified atom stereocenters. The van der Waals surface area contributed by atoms with Gasteiger partial charge in [-0.2, -0.15) is 0 Å². The molecular weight excluding hydrogens is 240 g/mol. The van der Waals surface area contributed by atoms with Crippen LogP contribution in [-0.2, 0) is 0 Å². The third-order valence-corrected chi connectivity index (χ3v) is 3.21. The molecule has 94 valence electrons. The summed E-state index contributed by atoms with van der Waals surface area (Å²) in [6, 6.07) is 9.60. The number of aromatic amines is 1. The number of benzene rings is 1. The standard InChI is InChI=1S/C15H12N2O2/c1-9-14(11-4-2-3-5-13(11)17-9)10-6-7-16-8-12(10)15(18)19/h2-8,17H,1H3,(H,18,19). The Hall–Kier alpha value is -2.62. The van der Waals surface area contributed by atoms with Crippen molar-refractivity contribution in [1.29, 1.82) is 0 Å².